The molecule has 0 amide bonds. The van der Waals surface area contributed by atoms with Gasteiger partial charge in [0.15, 0.2) is 11.6 Å². The second-order valence-corrected chi connectivity index (χ2v) is 15.2. The van der Waals surface area contributed by atoms with E-state index in [9.17, 15) is 0 Å². The van der Waals surface area contributed by atoms with Gasteiger partial charge in [-0.1, -0.05) is 95.5 Å². The van der Waals surface area contributed by atoms with E-state index in [1.165, 1.54) is 60.8 Å². The zero-order valence-electron chi connectivity index (χ0n) is 32.3. The van der Waals surface area contributed by atoms with E-state index >= 15 is 0 Å². The number of nitrogens with zero attached hydrogens (tertiary/aromatic N) is 4. The summed E-state index contributed by atoms with van der Waals surface area (Å²) in [5, 5.41) is 1.11. The number of aromatic nitrogens is 6. The first kappa shape index (κ1) is 38.0. The van der Waals surface area contributed by atoms with Gasteiger partial charge in [-0.2, -0.15) is 0 Å². The largest absolute Gasteiger partial charge is 0.340 e. The molecule has 2 aliphatic heterocycles. The second-order valence-electron chi connectivity index (χ2n) is 14.4. The first-order valence-electron chi connectivity index (χ1n) is 19.5. The Bertz CT molecular complexity index is 2070. The first-order chi connectivity index (χ1) is 25.1. The topological polar surface area (TPSA) is 83.1 Å². The molecule has 52 heavy (non-hydrogen) atoms. The number of fused-ring (bicyclic) bond motifs is 8. The fourth-order valence-electron chi connectivity index (χ4n) is 7.95. The molecule has 0 unspecified atom stereocenters. The lowest BCUT2D eigenvalue weighted by Crippen LogP contribution is -1.95. The molecule has 1 aromatic carbocycles. The van der Waals surface area contributed by atoms with Crippen molar-refractivity contribution in [3.63, 3.8) is 0 Å². The first-order valence-corrected chi connectivity index (χ1v) is 20.2. The minimum absolute atomic E-state index is 0.556. The molecule has 8 heteroatoms. The van der Waals surface area contributed by atoms with E-state index in [0.717, 1.165) is 117 Å². The van der Waals surface area contributed by atoms with Crippen molar-refractivity contribution < 1.29 is 0 Å². The van der Waals surface area contributed by atoms with E-state index in [0.29, 0.717) is 10.0 Å². The molecule has 8 bridgehead atoms. The molecule has 0 saturated carbocycles. The number of hydrogen-bond acceptors (Lipinski definition) is 4. The summed E-state index contributed by atoms with van der Waals surface area (Å²) in [6.45, 7) is 17.5. The molecule has 2 N–H and O–H groups in total. The van der Waals surface area contributed by atoms with Gasteiger partial charge in [-0.15, -0.1) is 0 Å². The zero-order valence-corrected chi connectivity index (χ0v) is 33.9. The molecule has 5 heterocycles. The Hall–Kier alpha value is -3.74. The molecule has 0 atom stereocenters. The van der Waals surface area contributed by atoms with Crippen LogP contribution in [0.1, 0.15) is 151 Å². The maximum absolute atomic E-state index is 7.02. The standard InChI is InChI=1S/C44H54Cl2N6/c1-9-13-15-17-20-31-27(7)41-47-35(31)24-36-32(21-18-16-14-10-2)28(8)42(48-36)52-44-30(12-4)26(6)40(50-44)38(37-33(45)22-19-23-34(37)46)39-25(5)29(11-3)43(49-39)51-41/h19,22-24H,9-18,20-21H2,1-8H3,(H,47,49,51)(H,48,50,52). The lowest BCUT2D eigenvalue weighted by Gasteiger charge is -2.13. The van der Waals surface area contributed by atoms with Crippen LogP contribution in [0.4, 0.5) is 0 Å². The smallest absolute Gasteiger partial charge is 0.158 e. The van der Waals surface area contributed by atoms with Gasteiger partial charge in [-0.3, -0.25) is 0 Å². The van der Waals surface area contributed by atoms with Crippen molar-refractivity contribution in [1.29, 1.82) is 0 Å². The van der Waals surface area contributed by atoms with E-state index in [1.54, 1.807) is 0 Å². The van der Waals surface area contributed by atoms with Crippen molar-refractivity contribution in [2.75, 3.05) is 0 Å². The lowest BCUT2D eigenvalue weighted by molar-refractivity contribution is 0.667. The number of halogens is 2. The summed E-state index contributed by atoms with van der Waals surface area (Å²) in [7, 11) is 0. The molecule has 4 aromatic rings. The molecular weight excluding hydrogens is 683 g/mol. The Morgan fingerprint density at radius 1 is 0.558 bits per heavy atom. The summed E-state index contributed by atoms with van der Waals surface area (Å²) < 4.78 is 0. The monoisotopic (exact) mass is 736 g/mol. The van der Waals surface area contributed by atoms with E-state index < -0.39 is 0 Å². The van der Waals surface area contributed by atoms with E-state index in [1.807, 2.05) is 18.2 Å². The van der Waals surface area contributed by atoms with Crippen molar-refractivity contribution in [3.05, 3.63) is 79.6 Å². The number of benzene rings is 1. The third-order valence-electron chi connectivity index (χ3n) is 11.0. The van der Waals surface area contributed by atoms with Crippen LogP contribution in [0.2, 0.25) is 10.0 Å². The molecule has 274 valence electrons. The maximum Gasteiger partial charge on any atom is 0.158 e. The highest BCUT2D eigenvalue weighted by Crippen LogP contribution is 2.46. The van der Waals surface area contributed by atoms with Crippen molar-refractivity contribution in [1.82, 2.24) is 29.9 Å². The number of aryl methyl sites for hydroxylation is 4. The Kier molecular flexibility index (Phi) is 12.1. The van der Waals surface area contributed by atoms with Gasteiger partial charge in [0.2, 0.25) is 0 Å². The van der Waals surface area contributed by atoms with Crippen LogP contribution in [-0.2, 0) is 12.8 Å². The average Bonchev–Trinajstić information content (AvgIpc) is 3.79. The van der Waals surface area contributed by atoms with E-state index in [2.05, 4.69) is 71.4 Å². The van der Waals surface area contributed by atoms with Gasteiger partial charge >= 0.3 is 0 Å². The third kappa shape index (κ3) is 7.26. The van der Waals surface area contributed by atoms with Crippen molar-refractivity contribution in [3.8, 4) is 11.1 Å². The van der Waals surface area contributed by atoms with Gasteiger partial charge in [0, 0.05) is 33.3 Å². The van der Waals surface area contributed by atoms with Crippen molar-refractivity contribution >= 4 is 67.8 Å². The molecule has 0 aliphatic carbocycles. The second kappa shape index (κ2) is 16.5. The van der Waals surface area contributed by atoms with Crippen LogP contribution in [0.25, 0.3) is 55.7 Å². The highest BCUT2D eigenvalue weighted by Gasteiger charge is 2.29. The molecule has 0 saturated heterocycles. The summed E-state index contributed by atoms with van der Waals surface area (Å²) >= 11 is 14.0. The van der Waals surface area contributed by atoms with Crippen molar-refractivity contribution in [2.24, 2.45) is 0 Å². The quantitative estimate of drug-likeness (QED) is 0.134. The van der Waals surface area contributed by atoms with Crippen LogP contribution in [0.5, 0.6) is 0 Å². The third-order valence-corrected chi connectivity index (χ3v) is 11.7. The Morgan fingerprint density at radius 3 is 1.40 bits per heavy atom. The number of nitrogens with one attached hydrogen (secondary N) is 2. The summed E-state index contributed by atoms with van der Waals surface area (Å²) in [6.07, 6.45) is 13.2. The van der Waals surface area contributed by atoms with E-state index in [-0.39, 0.29) is 0 Å². The fourth-order valence-corrected chi connectivity index (χ4v) is 8.54. The Labute approximate surface area is 319 Å². The molecule has 3 aromatic heterocycles. The zero-order chi connectivity index (χ0) is 37.1. The Morgan fingerprint density at radius 2 is 1.00 bits per heavy atom. The van der Waals surface area contributed by atoms with Gasteiger partial charge in [-0.05, 0) is 118 Å². The summed E-state index contributed by atoms with van der Waals surface area (Å²) in [4.78, 5) is 28.9. The van der Waals surface area contributed by atoms with Crippen LogP contribution < -0.4 is 0 Å². The van der Waals surface area contributed by atoms with Crippen LogP contribution in [0, 0.1) is 13.8 Å². The average molecular weight is 738 g/mol. The van der Waals surface area contributed by atoms with Crippen LogP contribution in [0.3, 0.4) is 0 Å². The number of allylic oxidation sites excluding steroid dienone is 4. The number of H-pyrrole nitrogens is 2. The molecule has 0 spiro atoms. The van der Waals surface area contributed by atoms with Gasteiger partial charge in [-0.25, -0.2) is 19.9 Å². The van der Waals surface area contributed by atoms with Gasteiger partial charge in [0.1, 0.15) is 11.3 Å². The highest BCUT2D eigenvalue weighted by atomic mass is 35.5. The molecular formula is C44H54Cl2N6. The predicted octanol–water partition coefficient (Wildman–Crippen LogP) is 13.6. The number of aromatic amines is 2. The minimum Gasteiger partial charge on any atom is -0.340 e. The molecule has 6 rings (SSSR count). The normalized spacial score (nSPS) is 13.2. The van der Waals surface area contributed by atoms with Crippen LogP contribution in [-0.4, -0.2) is 29.9 Å². The molecule has 6 nitrogen and oxygen atoms in total. The van der Waals surface area contributed by atoms with Gasteiger partial charge in [0.05, 0.1) is 21.4 Å². The van der Waals surface area contributed by atoms with Crippen LogP contribution in [0.15, 0.2) is 24.3 Å². The van der Waals surface area contributed by atoms with Gasteiger partial charge < -0.3 is 9.97 Å². The molecule has 0 fully saturated rings. The summed E-state index contributed by atoms with van der Waals surface area (Å²) in [5.41, 5.74) is 16.4. The number of hydrogen-bond donors (Lipinski definition) is 2. The summed E-state index contributed by atoms with van der Waals surface area (Å²) in [6, 6.07) is 7.96. The van der Waals surface area contributed by atoms with Crippen LogP contribution >= 0.6 is 23.2 Å². The van der Waals surface area contributed by atoms with Crippen molar-refractivity contribution in [2.45, 2.75) is 132 Å². The summed E-state index contributed by atoms with van der Waals surface area (Å²) in [5.74, 6) is 1.44. The SMILES string of the molecule is CCCCCCc1c(C)c2nc3nc(c(-c4c(Cl)cccc4Cl)c4nc(nc5[nH]c(cc1[nH]2)c(CCCCCC)c5C)C(CC)=C4C)C(C)=C3CC. The maximum atomic E-state index is 7.02. The number of unbranched alkanes of at least 4 members (excludes halogenated alkanes) is 6. The minimum atomic E-state index is 0.556. The predicted molar refractivity (Wildman–Crippen MR) is 223 cm³/mol. The Balaban J connectivity index is 1.79. The van der Waals surface area contributed by atoms with Gasteiger partial charge in [0.25, 0.3) is 0 Å². The number of rotatable bonds is 13. The highest BCUT2D eigenvalue weighted by molar-refractivity contribution is 6.39. The lowest BCUT2D eigenvalue weighted by atomic mass is 9.93. The van der Waals surface area contributed by atoms with E-state index in [4.69, 9.17) is 43.1 Å². The molecule has 0 radical (unpaired) electrons. The molecule has 2 aliphatic rings. The fraction of sp³-hybridized carbons (Fsp3) is 0.455.